The Hall–Kier alpha value is -12.8. The van der Waals surface area contributed by atoms with Gasteiger partial charge in [0.2, 0.25) is 20.0 Å². The van der Waals surface area contributed by atoms with Crippen molar-refractivity contribution in [1.82, 2.24) is 35.0 Å². The van der Waals surface area contributed by atoms with Crippen LogP contribution in [0, 0.1) is 29.1 Å². The molecule has 4 aliphatic heterocycles. The van der Waals surface area contributed by atoms with E-state index in [-0.39, 0.29) is 80.7 Å². The van der Waals surface area contributed by atoms with Gasteiger partial charge in [0.25, 0.3) is 0 Å². The molecule has 0 spiro atoms. The molecule has 7 heterocycles. The van der Waals surface area contributed by atoms with E-state index < -0.39 is 103 Å². The van der Waals surface area contributed by atoms with Crippen LogP contribution in [0.1, 0.15) is 42.5 Å². The SMILES string of the molecule is C.C.CC(N)=NC[C@H]1CN(c2cc(F)c(-c3cccc(S(N)(=O)=O)c3)c(F)c2)C(=O)O1.CC(N)=NC[C@H]1CN(c2ccc(-c3ccc(-n4cnnn4)nc3)c(F)c2)C(=O)O1.CC(N)=NC[C@H]1CN(c2ccc(-c3cccc(S(N)(=O)=O)c3)c(F)c2)C(=O)O1.CC(N)=NC[C@H]1CN(c2ccc(-c3ccnn3C)c(F)c2)C(=O)O1. The first kappa shape index (κ1) is 84.8. The zero-order chi connectivity index (χ0) is 79.5. The molecule has 4 amide bonds. The largest absolute Gasteiger partial charge is 0.442 e. The third-order valence-electron chi connectivity index (χ3n) is 16.5. The van der Waals surface area contributed by atoms with Crippen LogP contribution in [0.4, 0.5) is 63.9 Å². The summed E-state index contributed by atoms with van der Waals surface area (Å²) in [5.74, 6) is -1.42. The average molecular weight is 1590 g/mol. The lowest BCUT2D eigenvalue weighted by Gasteiger charge is -2.15. The summed E-state index contributed by atoms with van der Waals surface area (Å²) in [5, 5.41) is 25.1. The Morgan fingerprint density at radius 3 is 1.20 bits per heavy atom. The number of anilines is 4. The first-order valence-corrected chi connectivity index (χ1v) is 36.1. The number of hydrogen-bond acceptors (Lipinski definition) is 21. The lowest BCUT2D eigenvalue weighted by atomic mass is 10.0. The molecule has 0 bridgehead atoms. The highest BCUT2D eigenvalue weighted by molar-refractivity contribution is 7.89. The van der Waals surface area contributed by atoms with Crippen LogP contribution in [0.25, 0.3) is 50.5 Å². The summed E-state index contributed by atoms with van der Waals surface area (Å²) < 4.78 is 143. The van der Waals surface area contributed by atoms with Crippen molar-refractivity contribution in [2.75, 3.05) is 72.0 Å². The summed E-state index contributed by atoms with van der Waals surface area (Å²) in [4.78, 5) is 73.4. The summed E-state index contributed by atoms with van der Waals surface area (Å²) in [6.45, 7) is 8.31. The van der Waals surface area contributed by atoms with E-state index in [1.54, 1.807) is 100 Å². The van der Waals surface area contributed by atoms with E-state index in [1.807, 2.05) is 0 Å². The number of nitrogens with two attached hydrogens (primary N) is 6. The monoisotopic (exact) mass is 1590 g/mol. The molecule has 40 heteroatoms. The second kappa shape index (κ2) is 36.6. The molecule has 112 heavy (non-hydrogen) atoms. The molecular weight excluding hydrogens is 1510 g/mol. The number of aliphatic imine (C=N–C) groups is 4. The zero-order valence-corrected chi connectivity index (χ0v) is 60.8. The number of sulfonamides is 2. The standard InChI is InChI=1S/C18H18F2N4O4S.C18H17FN8O2.C18H19FN4O4S.C16H18FN5O2.2CH4/c1-10(21)23-8-13-9-24(18(25)28-13)12-6-15(19)17(16(20)7-12)11-3-2-4-14(5-11)29(22,26)27;1-11(20)21-8-14-9-26(18(28)29-14)13-3-4-15(16(19)6-13)12-2-5-17(22-7-12)27-10-23-24-25-27;1-11(20)22-9-14-10-23(18(24)27-14)13-5-6-16(17(19)8-13)12-3-2-4-15(7-12)28(21,25)26;1-10(18)19-8-12-9-22(16(23)24-12)11-3-4-13(14(17)7-11)15-5-6-20-21(15)2;;/h2-7,13H,8-9H2,1H3,(H2,21,23)(H2,22,26,27);2-7,10,14H,8-9H2,1H3,(H2,20,21);2-8,14H,9-10H2,1H3,(H2,20,22)(H2,21,25,26);3-7,12H,8-9H2,1-2H3,(H2,18,19);2*1H4/t13-;2*14-;12-;;/m0000../s1. The van der Waals surface area contributed by atoms with Gasteiger partial charge in [-0.25, -0.2) is 73.2 Å². The van der Waals surface area contributed by atoms with Gasteiger partial charge in [0.15, 0.2) is 5.82 Å². The van der Waals surface area contributed by atoms with Gasteiger partial charge in [0.05, 0.1) is 119 Å². The van der Waals surface area contributed by atoms with Crippen LogP contribution in [0.2, 0.25) is 0 Å². The number of aromatic nitrogens is 7. The number of benzene rings is 6. The molecule has 12 N–H and O–H groups in total. The maximum atomic E-state index is 14.8. The van der Waals surface area contributed by atoms with Crippen molar-refractivity contribution in [2.45, 2.75) is 76.8 Å². The number of cyclic esters (lactones) is 4. The fourth-order valence-electron chi connectivity index (χ4n) is 11.2. The molecule has 9 aromatic rings. The van der Waals surface area contributed by atoms with Gasteiger partial charge < -0.3 is 41.9 Å². The molecule has 0 saturated carbocycles. The first-order valence-electron chi connectivity index (χ1n) is 33.0. The molecule has 4 fully saturated rings. The Balaban J connectivity index is 0.000000187. The van der Waals surface area contributed by atoms with E-state index in [0.717, 1.165) is 23.1 Å². The second-order valence-electron chi connectivity index (χ2n) is 24.8. The summed E-state index contributed by atoms with van der Waals surface area (Å²) in [6, 6.07) is 31.1. The Kier molecular flexibility index (Phi) is 27.7. The van der Waals surface area contributed by atoms with Crippen LogP contribution in [0.5, 0.6) is 0 Å². The maximum absolute atomic E-state index is 14.8. The van der Waals surface area contributed by atoms with Crippen LogP contribution < -0.4 is 52.8 Å². The average Bonchev–Trinajstić information content (AvgIpc) is 1.33. The second-order valence-corrected chi connectivity index (χ2v) is 27.9. The zero-order valence-electron chi connectivity index (χ0n) is 59.2. The minimum Gasteiger partial charge on any atom is -0.442 e. The van der Waals surface area contributed by atoms with Crippen LogP contribution in [0.3, 0.4) is 0 Å². The van der Waals surface area contributed by atoms with Crippen molar-refractivity contribution in [3.8, 4) is 50.5 Å². The fourth-order valence-corrected chi connectivity index (χ4v) is 12.3. The van der Waals surface area contributed by atoms with Gasteiger partial charge in [0, 0.05) is 41.7 Å². The number of halogens is 5. The van der Waals surface area contributed by atoms with Gasteiger partial charge >= 0.3 is 24.4 Å². The number of nitrogens with zero attached hydrogens (tertiary/aromatic N) is 15. The minimum atomic E-state index is -4.04. The van der Waals surface area contributed by atoms with E-state index in [2.05, 4.69) is 45.6 Å². The van der Waals surface area contributed by atoms with Crippen LogP contribution in [0.15, 0.2) is 182 Å². The Morgan fingerprint density at radius 1 is 0.473 bits per heavy atom. The van der Waals surface area contributed by atoms with Crippen molar-refractivity contribution < 1.29 is 76.9 Å². The normalized spacial score (nSPS) is 17.2. The lowest BCUT2D eigenvalue weighted by molar-refractivity contribution is 0.144. The quantitative estimate of drug-likeness (QED) is 0.0191. The molecule has 6 aromatic carbocycles. The van der Waals surface area contributed by atoms with Gasteiger partial charge in [-0.05, 0) is 158 Å². The van der Waals surface area contributed by atoms with E-state index in [9.17, 15) is 58.0 Å². The van der Waals surface area contributed by atoms with E-state index in [4.69, 9.17) is 52.2 Å². The number of carbonyl (C=O) groups excluding carboxylic acids is 4. The highest BCUT2D eigenvalue weighted by Crippen LogP contribution is 2.36. The molecule has 4 atom stereocenters. The Morgan fingerprint density at radius 2 is 0.848 bits per heavy atom. The smallest absolute Gasteiger partial charge is 0.414 e. The van der Waals surface area contributed by atoms with Crippen LogP contribution >= 0.6 is 0 Å². The van der Waals surface area contributed by atoms with E-state index in [0.29, 0.717) is 87.3 Å². The minimum absolute atomic E-state index is 0. The number of amides is 4. The highest BCUT2D eigenvalue weighted by atomic mass is 32.2. The van der Waals surface area contributed by atoms with Crippen LogP contribution in [-0.2, 0) is 46.0 Å². The molecule has 4 saturated heterocycles. The van der Waals surface area contributed by atoms with Gasteiger partial charge in [-0.3, -0.25) is 44.3 Å². The third-order valence-corrected chi connectivity index (χ3v) is 18.3. The topological polar surface area (TPSA) is 466 Å². The van der Waals surface area contributed by atoms with Gasteiger partial charge in [-0.2, -0.15) is 9.78 Å². The summed E-state index contributed by atoms with van der Waals surface area (Å²) >= 11 is 0. The molecule has 13 rings (SSSR count). The molecule has 0 radical (unpaired) electrons. The predicted octanol–water partition coefficient (Wildman–Crippen LogP) is 8.59. The number of carbonyl (C=O) groups is 4. The first-order chi connectivity index (χ1) is 52.2. The number of rotatable bonds is 19. The number of hydrogen-bond donors (Lipinski definition) is 6. The molecule has 592 valence electrons. The van der Waals surface area contributed by atoms with Gasteiger partial charge in [-0.15, -0.1) is 5.10 Å². The Labute approximate surface area is 640 Å². The number of primary sulfonamides is 2. The summed E-state index contributed by atoms with van der Waals surface area (Å²) in [5.41, 5.74) is 25.2. The molecule has 0 unspecified atom stereocenters. The van der Waals surface area contributed by atoms with Crippen molar-refractivity contribution >= 4 is 90.5 Å². The number of ether oxygens (including phenoxy) is 4. The number of tetrazole rings is 1. The van der Waals surface area contributed by atoms with Crippen LogP contribution in [-0.4, -0.2) is 176 Å². The highest BCUT2D eigenvalue weighted by Gasteiger charge is 2.37. The molecule has 4 aliphatic rings. The predicted molar refractivity (Wildman–Crippen MR) is 410 cm³/mol. The molecule has 33 nitrogen and oxygen atoms in total. The number of pyridine rings is 1. The van der Waals surface area contributed by atoms with Crippen molar-refractivity contribution in [2.24, 2.45) is 60.2 Å². The van der Waals surface area contributed by atoms with Gasteiger partial charge in [0.1, 0.15) is 59.8 Å². The molecule has 3 aromatic heterocycles. The summed E-state index contributed by atoms with van der Waals surface area (Å²) in [6.07, 6.45) is 0.242. The lowest BCUT2D eigenvalue weighted by Crippen LogP contribution is -2.25. The number of aryl methyl sites for hydroxylation is 1. The van der Waals surface area contributed by atoms with Crippen molar-refractivity contribution in [1.29, 1.82) is 0 Å². The van der Waals surface area contributed by atoms with E-state index >= 15 is 0 Å². The Bertz CT molecular complexity index is 5270. The van der Waals surface area contributed by atoms with E-state index in [1.165, 1.54) is 92.6 Å². The maximum Gasteiger partial charge on any atom is 0.414 e. The summed E-state index contributed by atoms with van der Waals surface area (Å²) in [7, 11) is -6.20. The van der Waals surface area contributed by atoms with Crippen molar-refractivity contribution in [3.05, 3.63) is 181 Å². The number of amidine groups is 4. The molecule has 0 aliphatic carbocycles. The fraction of sp³-hybridized carbons (Fsp3) is 0.264. The van der Waals surface area contributed by atoms with Crippen molar-refractivity contribution in [3.63, 3.8) is 0 Å². The third kappa shape index (κ3) is 21.4. The van der Waals surface area contributed by atoms with Gasteiger partial charge in [-0.1, -0.05) is 39.1 Å². The molecular formula is C72H80F5N21O12S2.